The third kappa shape index (κ3) is 2.56. The Balaban J connectivity index is 2.14. The zero-order valence-electron chi connectivity index (χ0n) is 13.0. The zero-order valence-corrected chi connectivity index (χ0v) is 13.0. The molecule has 1 aromatic heterocycles. The van der Waals surface area contributed by atoms with E-state index in [2.05, 4.69) is 11.9 Å². The van der Waals surface area contributed by atoms with E-state index in [1.807, 2.05) is 37.3 Å². The lowest BCUT2D eigenvalue weighted by molar-refractivity contribution is 0.268. The lowest BCUT2D eigenvalue weighted by atomic mass is 10.00. The van der Waals surface area contributed by atoms with Crippen molar-refractivity contribution in [1.29, 1.82) is 0 Å². The molecule has 0 saturated carbocycles. The summed E-state index contributed by atoms with van der Waals surface area (Å²) in [4.78, 5) is 17.5. The Bertz CT molecular complexity index is 747. The molecule has 1 atom stereocenters. The van der Waals surface area contributed by atoms with Crippen molar-refractivity contribution in [3.8, 4) is 11.1 Å². The third-order valence-corrected chi connectivity index (χ3v) is 4.03. The van der Waals surface area contributed by atoms with Crippen molar-refractivity contribution in [3.63, 3.8) is 0 Å². The Labute approximate surface area is 130 Å². The molecule has 1 aliphatic rings. The summed E-state index contributed by atoms with van der Waals surface area (Å²) in [5.41, 5.74) is 2.57. The predicted octanol–water partition coefficient (Wildman–Crippen LogP) is 3.64. The van der Waals surface area contributed by atoms with Crippen molar-refractivity contribution in [3.05, 3.63) is 59.0 Å². The molecule has 0 aliphatic carbocycles. The number of nitrogens with zero attached hydrogens (tertiary/aromatic N) is 2. The van der Waals surface area contributed by atoms with E-state index in [0.717, 1.165) is 29.8 Å². The molecule has 0 N–H and O–H groups in total. The van der Waals surface area contributed by atoms with Gasteiger partial charge in [-0.3, -0.25) is 9.36 Å². The van der Waals surface area contributed by atoms with Crippen LogP contribution in [-0.2, 0) is 4.74 Å². The molecule has 4 nitrogen and oxygen atoms in total. The summed E-state index contributed by atoms with van der Waals surface area (Å²) in [7, 11) is 0. The van der Waals surface area contributed by atoms with Crippen LogP contribution in [0.25, 0.3) is 16.7 Å². The van der Waals surface area contributed by atoms with Gasteiger partial charge in [0.2, 0.25) is 0 Å². The monoisotopic (exact) mass is 296 g/mol. The van der Waals surface area contributed by atoms with Gasteiger partial charge < -0.3 is 4.74 Å². The van der Waals surface area contributed by atoms with Crippen molar-refractivity contribution in [2.45, 2.75) is 32.7 Å². The van der Waals surface area contributed by atoms with Crippen LogP contribution in [0.5, 0.6) is 0 Å². The molecule has 2 aromatic rings. The number of ether oxygens (including phenoxy) is 1. The fourth-order valence-electron chi connectivity index (χ4n) is 2.83. The SMILES string of the molecule is CCO/C=C1\CCC(C)n2c1ncc(-c1ccccc1)c2=O. The van der Waals surface area contributed by atoms with Crippen LogP contribution >= 0.6 is 0 Å². The molecule has 0 bridgehead atoms. The average molecular weight is 296 g/mol. The van der Waals surface area contributed by atoms with Gasteiger partial charge >= 0.3 is 0 Å². The van der Waals surface area contributed by atoms with E-state index in [9.17, 15) is 4.79 Å². The Morgan fingerprint density at radius 1 is 1.36 bits per heavy atom. The number of aromatic nitrogens is 2. The molecule has 22 heavy (non-hydrogen) atoms. The molecule has 114 valence electrons. The van der Waals surface area contributed by atoms with Crippen molar-refractivity contribution in [2.24, 2.45) is 0 Å². The Kier molecular flexibility index (Phi) is 4.09. The second kappa shape index (κ2) is 6.18. The molecule has 0 spiro atoms. The lowest BCUT2D eigenvalue weighted by Crippen LogP contribution is -2.31. The second-order valence-corrected chi connectivity index (χ2v) is 5.52. The average Bonchev–Trinajstić information content (AvgIpc) is 2.55. The van der Waals surface area contributed by atoms with E-state index >= 15 is 0 Å². The van der Waals surface area contributed by atoms with E-state index in [0.29, 0.717) is 12.2 Å². The maximum absolute atomic E-state index is 12.9. The standard InChI is InChI=1S/C18H20N2O2/c1-3-22-12-15-10-9-13(2)20-17(15)19-11-16(18(20)21)14-7-5-4-6-8-14/h4-8,11-13H,3,9-10H2,1-2H3/b15-12+. The number of fused-ring (bicyclic) bond motifs is 1. The molecule has 0 fully saturated rings. The minimum Gasteiger partial charge on any atom is -0.501 e. The summed E-state index contributed by atoms with van der Waals surface area (Å²) >= 11 is 0. The number of rotatable bonds is 3. The van der Waals surface area contributed by atoms with Crippen molar-refractivity contribution in [1.82, 2.24) is 9.55 Å². The highest BCUT2D eigenvalue weighted by Crippen LogP contribution is 2.30. The van der Waals surface area contributed by atoms with Crippen LogP contribution in [0.4, 0.5) is 0 Å². The van der Waals surface area contributed by atoms with Crippen LogP contribution in [-0.4, -0.2) is 16.2 Å². The van der Waals surface area contributed by atoms with Gasteiger partial charge in [-0.2, -0.15) is 0 Å². The van der Waals surface area contributed by atoms with Gasteiger partial charge in [0.1, 0.15) is 5.82 Å². The molecule has 1 unspecified atom stereocenters. The molecule has 1 aliphatic heterocycles. The topological polar surface area (TPSA) is 44.1 Å². The lowest BCUT2D eigenvalue weighted by Gasteiger charge is -2.26. The van der Waals surface area contributed by atoms with E-state index < -0.39 is 0 Å². The van der Waals surface area contributed by atoms with E-state index in [4.69, 9.17) is 4.74 Å². The van der Waals surface area contributed by atoms with Gasteiger partial charge in [0.05, 0.1) is 18.4 Å². The summed E-state index contributed by atoms with van der Waals surface area (Å²) < 4.78 is 7.20. The molecular weight excluding hydrogens is 276 g/mol. The minimum atomic E-state index is 0.0193. The zero-order chi connectivity index (χ0) is 15.5. The van der Waals surface area contributed by atoms with Gasteiger partial charge in [-0.15, -0.1) is 0 Å². The van der Waals surface area contributed by atoms with Crippen LogP contribution in [0, 0.1) is 0 Å². The molecule has 3 rings (SSSR count). The van der Waals surface area contributed by atoms with Gasteiger partial charge in [-0.05, 0) is 32.3 Å². The molecule has 0 amide bonds. The van der Waals surface area contributed by atoms with Crippen LogP contribution in [0.15, 0.2) is 47.6 Å². The summed E-state index contributed by atoms with van der Waals surface area (Å²) in [6, 6.07) is 9.84. The van der Waals surface area contributed by atoms with Crippen LogP contribution in [0.2, 0.25) is 0 Å². The van der Waals surface area contributed by atoms with Gasteiger partial charge in [-0.1, -0.05) is 30.3 Å². The van der Waals surface area contributed by atoms with E-state index in [-0.39, 0.29) is 11.6 Å². The fourth-order valence-corrected chi connectivity index (χ4v) is 2.83. The Hall–Kier alpha value is -2.36. The molecule has 0 radical (unpaired) electrons. The van der Waals surface area contributed by atoms with Crippen LogP contribution in [0.1, 0.15) is 38.6 Å². The first-order chi connectivity index (χ1) is 10.7. The highest BCUT2D eigenvalue weighted by atomic mass is 16.5. The fraction of sp³-hybridized carbons (Fsp3) is 0.333. The Morgan fingerprint density at radius 2 is 2.14 bits per heavy atom. The van der Waals surface area contributed by atoms with Crippen LogP contribution in [0.3, 0.4) is 0 Å². The van der Waals surface area contributed by atoms with Crippen molar-refractivity contribution in [2.75, 3.05) is 6.61 Å². The number of allylic oxidation sites excluding steroid dienone is 1. The van der Waals surface area contributed by atoms with Gasteiger partial charge in [0, 0.05) is 17.8 Å². The third-order valence-electron chi connectivity index (χ3n) is 4.03. The number of benzene rings is 1. The molecule has 2 heterocycles. The van der Waals surface area contributed by atoms with Crippen molar-refractivity contribution < 1.29 is 4.74 Å². The van der Waals surface area contributed by atoms with Crippen LogP contribution < -0.4 is 5.56 Å². The number of hydrogen-bond donors (Lipinski definition) is 0. The summed E-state index contributed by atoms with van der Waals surface area (Å²) in [6.45, 7) is 4.63. The van der Waals surface area contributed by atoms with Gasteiger partial charge in [0.25, 0.3) is 5.56 Å². The quantitative estimate of drug-likeness (QED) is 0.812. The Morgan fingerprint density at radius 3 is 2.86 bits per heavy atom. The smallest absolute Gasteiger partial charge is 0.261 e. The summed E-state index contributed by atoms with van der Waals surface area (Å²) in [5, 5.41) is 0. The maximum atomic E-state index is 12.9. The number of hydrogen-bond acceptors (Lipinski definition) is 3. The first-order valence-corrected chi connectivity index (χ1v) is 7.70. The highest BCUT2D eigenvalue weighted by molar-refractivity contribution is 5.65. The first kappa shape index (κ1) is 14.6. The normalized spacial score (nSPS) is 19.0. The molecular formula is C18H20N2O2. The summed E-state index contributed by atoms with van der Waals surface area (Å²) in [5.74, 6) is 0.733. The van der Waals surface area contributed by atoms with Crippen molar-refractivity contribution >= 4 is 5.57 Å². The van der Waals surface area contributed by atoms with E-state index in [1.54, 1.807) is 17.0 Å². The highest BCUT2D eigenvalue weighted by Gasteiger charge is 2.24. The molecule has 1 aromatic carbocycles. The molecule has 0 saturated heterocycles. The summed E-state index contributed by atoms with van der Waals surface area (Å²) in [6.07, 6.45) is 5.23. The second-order valence-electron chi connectivity index (χ2n) is 5.52. The van der Waals surface area contributed by atoms with Gasteiger partial charge in [0.15, 0.2) is 0 Å². The maximum Gasteiger partial charge on any atom is 0.261 e. The largest absolute Gasteiger partial charge is 0.501 e. The first-order valence-electron chi connectivity index (χ1n) is 7.70. The molecule has 4 heteroatoms. The minimum absolute atomic E-state index is 0.0193. The van der Waals surface area contributed by atoms with Gasteiger partial charge in [-0.25, -0.2) is 4.98 Å². The predicted molar refractivity (Wildman–Crippen MR) is 87.5 cm³/mol. The van der Waals surface area contributed by atoms with E-state index in [1.165, 1.54) is 0 Å².